The quantitative estimate of drug-likeness (QED) is 0.291. The van der Waals surface area contributed by atoms with Crippen molar-refractivity contribution in [3.63, 3.8) is 0 Å². The Labute approximate surface area is 64.0 Å². The van der Waals surface area contributed by atoms with E-state index >= 15 is 0 Å². The first-order valence-corrected chi connectivity index (χ1v) is 3.63. The highest BCUT2D eigenvalue weighted by Crippen LogP contribution is 2.41. The Bertz CT molecular complexity index is 252. The average molecular weight is 152 g/mol. The normalized spacial score (nSPS) is 35.8. The van der Waals surface area contributed by atoms with E-state index in [9.17, 15) is 9.59 Å². The molecule has 1 aliphatic heterocycles. The van der Waals surface area contributed by atoms with Crippen molar-refractivity contribution in [1.82, 2.24) is 0 Å². The van der Waals surface area contributed by atoms with Crippen LogP contribution in [0.2, 0.25) is 0 Å². The number of ether oxygens (including phenoxy) is 1. The molecule has 0 N–H and O–H groups in total. The average Bonchev–Trinajstić information content (AvgIpc) is 2.41. The van der Waals surface area contributed by atoms with Crippen molar-refractivity contribution in [3.05, 3.63) is 12.2 Å². The monoisotopic (exact) mass is 152 g/mol. The fourth-order valence-corrected chi connectivity index (χ4v) is 1.77. The molecule has 0 radical (unpaired) electrons. The maximum atomic E-state index is 11.0. The molecule has 1 aliphatic carbocycles. The van der Waals surface area contributed by atoms with E-state index in [2.05, 4.69) is 11.3 Å². The van der Waals surface area contributed by atoms with Gasteiger partial charge < -0.3 is 4.74 Å². The van der Waals surface area contributed by atoms with E-state index in [1.54, 1.807) is 0 Å². The lowest BCUT2D eigenvalue weighted by molar-refractivity contribution is -0.153. The van der Waals surface area contributed by atoms with Gasteiger partial charge in [-0.05, 0) is 12.8 Å². The zero-order valence-electron chi connectivity index (χ0n) is 6.00. The minimum atomic E-state index is -0.400. The SMILES string of the molecule is C=C1CC[C@H]2C(=O)OC(=O)[C@@H]12. The van der Waals surface area contributed by atoms with E-state index in [4.69, 9.17) is 0 Å². The van der Waals surface area contributed by atoms with Crippen LogP contribution in [0.1, 0.15) is 12.8 Å². The molecule has 2 atom stereocenters. The Hall–Kier alpha value is -1.12. The fraction of sp³-hybridized carbons (Fsp3) is 0.500. The third-order valence-electron chi connectivity index (χ3n) is 2.38. The zero-order valence-corrected chi connectivity index (χ0v) is 6.00. The number of fused-ring (bicyclic) bond motifs is 1. The Kier molecular flexibility index (Phi) is 1.16. The maximum Gasteiger partial charge on any atom is 0.321 e. The highest BCUT2D eigenvalue weighted by molar-refractivity contribution is 5.98. The van der Waals surface area contributed by atoms with Gasteiger partial charge in [-0.25, -0.2) is 0 Å². The fourth-order valence-electron chi connectivity index (χ4n) is 1.77. The predicted molar refractivity (Wildman–Crippen MR) is 36.5 cm³/mol. The van der Waals surface area contributed by atoms with Crippen LogP contribution in [0, 0.1) is 11.8 Å². The van der Waals surface area contributed by atoms with E-state index in [0.29, 0.717) is 0 Å². The molecule has 2 rings (SSSR count). The molecule has 0 unspecified atom stereocenters. The number of esters is 2. The molecule has 58 valence electrons. The molecule has 0 amide bonds. The van der Waals surface area contributed by atoms with Gasteiger partial charge in [0.15, 0.2) is 0 Å². The van der Waals surface area contributed by atoms with Crippen LogP contribution in [0.5, 0.6) is 0 Å². The van der Waals surface area contributed by atoms with E-state index in [-0.39, 0.29) is 17.8 Å². The lowest BCUT2D eigenvalue weighted by Crippen LogP contribution is -2.11. The zero-order chi connectivity index (χ0) is 8.01. The summed E-state index contributed by atoms with van der Waals surface area (Å²) in [6, 6.07) is 0. The van der Waals surface area contributed by atoms with Gasteiger partial charge in [0.05, 0.1) is 11.8 Å². The molecule has 0 aromatic rings. The minimum absolute atomic E-state index is 0.213. The highest BCUT2D eigenvalue weighted by Gasteiger charge is 2.48. The summed E-state index contributed by atoms with van der Waals surface area (Å²) < 4.78 is 4.46. The molecule has 3 heteroatoms. The summed E-state index contributed by atoms with van der Waals surface area (Å²) in [4.78, 5) is 21.9. The smallest absolute Gasteiger partial charge is 0.321 e. The van der Waals surface area contributed by atoms with Gasteiger partial charge >= 0.3 is 11.9 Å². The first-order valence-electron chi connectivity index (χ1n) is 3.63. The number of hydrogen-bond donors (Lipinski definition) is 0. The summed E-state index contributed by atoms with van der Waals surface area (Å²) in [5.41, 5.74) is 0.853. The van der Waals surface area contributed by atoms with E-state index in [1.807, 2.05) is 0 Å². The first-order chi connectivity index (χ1) is 5.20. The van der Waals surface area contributed by atoms with Gasteiger partial charge in [-0.15, -0.1) is 0 Å². The summed E-state index contributed by atoms with van der Waals surface area (Å²) in [6.45, 7) is 3.73. The predicted octanol–water partition coefficient (Wildman–Crippen LogP) is 0.652. The third kappa shape index (κ3) is 0.737. The second-order valence-electron chi connectivity index (χ2n) is 3.02. The molecule has 0 bridgehead atoms. The van der Waals surface area contributed by atoms with Crippen LogP contribution in [0.4, 0.5) is 0 Å². The Morgan fingerprint density at radius 1 is 1.36 bits per heavy atom. The molecule has 2 fully saturated rings. The van der Waals surface area contributed by atoms with Crippen LogP contribution < -0.4 is 0 Å². The van der Waals surface area contributed by atoms with Crippen molar-refractivity contribution in [1.29, 1.82) is 0 Å². The van der Waals surface area contributed by atoms with Gasteiger partial charge in [-0.1, -0.05) is 12.2 Å². The molecule has 11 heavy (non-hydrogen) atoms. The number of carbonyl (C=O) groups is 2. The van der Waals surface area contributed by atoms with Gasteiger partial charge in [0, 0.05) is 0 Å². The summed E-state index contributed by atoms with van der Waals surface area (Å²) in [5, 5.41) is 0. The second-order valence-corrected chi connectivity index (χ2v) is 3.02. The van der Waals surface area contributed by atoms with Gasteiger partial charge in [0.25, 0.3) is 0 Å². The number of carbonyl (C=O) groups excluding carboxylic acids is 2. The number of cyclic esters (lactones) is 2. The molecular formula is C8H8O3. The summed E-state index contributed by atoms with van der Waals surface area (Å²) in [5.74, 6) is -1.29. The van der Waals surface area contributed by atoms with Crippen LogP contribution in [0.15, 0.2) is 12.2 Å². The molecule has 1 saturated carbocycles. The number of hydrogen-bond acceptors (Lipinski definition) is 3. The minimum Gasteiger partial charge on any atom is -0.392 e. The molecule has 0 spiro atoms. The van der Waals surface area contributed by atoms with Crippen LogP contribution in [-0.4, -0.2) is 11.9 Å². The Morgan fingerprint density at radius 2 is 2.09 bits per heavy atom. The summed E-state index contributed by atoms with van der Waals surface area (Å²) in [7, 11) is 0. The van der Waals surface area contributed by atoms with E-state index < -0.39 is 5.97 Å². The van der Waals surface area contributed by atoms with Crippen molar-refractivity contribution in [2.24, 2.45) is 11.8 Å². The van der Waals surface area contributed by atoms with Gasteiger partial charge in [-0.3, -0.25) is 9.59 Å². The molecule has 1 heterocycles. The van der Waals surface area contributed by atoms with Crippen molar-refractivity contribution in [3.8, 4) is 0 Å². The third-order valence-corrected chi connectivity index (χ3v) is 2.38. The molecular weight excluding hydrogens is 144 g/mol. The van der Waals surface area contributed by atoms with Gasteiger partial charge in [-0.2, -0.15) is 0 Å². The molecule has 2 aliphatic rings. The van der Waals surface area contributed by atoms with Crippen molar-refractivity contribution in [2.45, 2.75) is 12.8 Å². The molecule has 0 aromatic carbocycles. The second kappa shape index (κ2) is 1.94. The maximum absolute atomic E-state index is 11.0. The van der Waals surface area contributed by atoms with Crippen LogP contribution in [0.25, 0.3) is 0 Å². The Balaban J connectivity index is 2.35. The van der Waals surface area contributed by atoms with Crippen molar-refractivity contribution in [2.75, 3.05) is 0 Å². The molecule has 1 saturated heterocycles. The standard InChI is InChI=1S/C8H8O3/c1-4-2-3-5-6(4)8(10)11-7(5)9/h5-6H,1-3H2/t5-,6+/m1/s1. The summed E-state index contributed by atoms with van der Waals surface area (Å²) in [6.07, 6.45) is 1.52. The first kappa shape index (κ1) is 6.58. The van der Waals surface area contributed by atoms with E-state index in [0.717, 1.165) is 18.4 Å². The lowest BCUT2D eigenvalue weighted by Gasteiger charge is -1.99. The van der Waals surface area contributed by atoms with E-state index in [1.165, 1.54) is 0 Å². The Morgan fingerprint density at radius 3 is 2.73 bits per heavy atom. The largest absolute Gasteiger partial charge is 0.392 e. The van der Waals surface area contributed by atoms with Crippen LogP contribution in [0.3, 0.4) is 0 Å². The highest BCUT2D eigenvalue weighted by atomic mass is 16.6. The topological polar surface area (TPSA) is 43.4 Å². The number of rotatable bonds is 0. The van der Waals surface area contributed by atoms with Crippen molar-refractivity contribution < 1.29 is 14.3 Å². The van der Waals surface area contributed by atoms with Crippen LogP contribution in [-0.2, 0) is 14.3 Å². The summed E-state index contributed by atoms with van der Waals surface area (Å²) >= 11 is 0. The lowest BCUT2D eigenvalue weighted by atomic mass is 9.97. The molecule has 3 nitrogen and oxygen atoms in total. The van der Waals surface area contributed by atoms with Gasteiger partial charge in [0.1, 0.15) is 0 Å². The van der Waals surface area contributed by atoms with Crippen LogP contribution >= 0.6 is 0 Å². The molecule has 0 aromatic heterocycles. The van der Waals surface area contributed by atoms with Crippen molar-refractivity contribution >= 4 is 11.9 Å². The van der Waals surface area contributed by atoms with Gasteiger partial charge in [0.2, 0.25) is 0 Å².